The van der Waals surface area contributed by atoms with Gasteiger partial charge in [-0.15, -0.1) is 0 Å². The SMILES string of the molecule is CC(C)CNCC=Cc1ccc2c(c1)CCCN2C. The molecule has 2 nitrogen and oxygen atoms in total. The molecule has 0 saturated heterocycles. The van der Waals surface area contributed by atoms with Crippen molar-refractivity contribution in [1.82, 2.24) is 5.32 Å². The van der Waals surface area contributed by atoms with Crippen LogP contribution in [0.3, 0.4) is 0 Å². The van der Waals surface area contributed by atoms with Gasteiger partial charge in [-0.25, -0.2) is 0 Å². The monoisotopic (exact) mass is 258 g/mol. The van der Waals surface area contributed by atoms with Crippen molar-refractivity contribution in [2.45, 2.75) is 26.7 Å². The van der Waals surface area contributed by atoms with Gasteiger partial charge in [-0.05, 0) is 48.6 Å². The van der Waals surface area contributed by atoms with Crippen molar-refractivity contribution in [3.8, 4) is 0 Å². The standard InChI is InChI=1S/C17H26N2/c1-14(2)13-18-10-4-6-15-8-9-17-16(12-15)7-5-11-19(17)3/h4,6,8-9,12,14,18H,5,7,10-11,13H2,1-3H3. The van der Waals surface area contributed by atoms with Crippen molar-refractivity contribution < 1.29 is 0 Å². The lowest BCUT2D eigenvalue weighted by molar-refractivity contribution is 0.577. The first-order valence-corrected chi connectivity index (χ1v) is 7.38. The van der Waals surface area contributed by atoms with Gasteiger partial charge in [0.1, 0.15) is 0 Å². The van der Waals surface area contributed by atoms with Gasteiger partial charge in [-0.2, -0.15) is 0 Å². The van der Waals surface area contributed by atoms with Gasteiger partial charge in [-0.3, -0.25) is 0 Å². The van der Waals surface area contributed by atoms with E-state index in [0.717, 1.165) is 13.1 Å². The van der Waals surface area contributed by atoms with Crippen LogP contribution in [-0.2, 0) is 6.42 Å². The Kier molecular flexibility index (Phi) is 5.03. The van der Waals surface area contributed by atoms with Gasteiger partial charge < -0.3 is 10.2 Å². The molecule has 1 aliphatic rings. The average molecular weight is 258 g/mol. The van der Waals surface area contributed by atoms with Crippen LogP contribution in [0.2, 0.25) is 0 Å². The number of hydrogen-bond acceptors (Lipinski definition) is 2. The molecular formula is C17H26N2. The third kappa shape index (κ3) is 4.10. The van der Waals surface area contributed by atoms with Crippen LogP contribution in [0.25, 0.3) is 6.08 Å². The van der Waals surface area contributed by atoms with Crippen molar-refractivity contribution >= 4 is 11.8 Å². The minimum Gasteiger partial charge on any atom is -0.374 e. The quantitative estimate of drug-likeness (QED) is 0.815. The van der Waals surface area contributed by atoms with E-state index in [2.05, 4.69) is 61.5 Å². The van der Waals surface area contributed by atoms with Crippen LogP contribution in [0.15, 0.2) is 24.3 Å². The fourth-order valence-corrected chi connectivity index (χ4v) is 2.56. The highest BCUT2D eigenvalue weighted by atomic mass is 15.1. The Morgan fingerprint density at radius 2 is 2.21 bits per heavy atom. The Labute approximate surface area is 117 Å². The van der Waals surface area contributed by atoms with Crippen molar-refractivity contribution in [2.24, 2.45) is 5.92 Å². The number of nitrogens with one attached hydrogen (secondary N) is 1. The first-order chi connectivity index (χ1) is 9.16. The van der Waals surface area contributed by atoms with Crippen LogP contribution < -0.4 is 10.2 Å². The highest BCUT2D eigenvalue weighted by Crippen LogP contribution is 2.27. The largest absolute Gasteiger partial charge is 0.374 e. The van der Waals surface area contributed by atoms with Crippen LogP contribution in [0.1, 0.15) is 31.4 Å². The summed E-state index contributed by atoms with van der Waals surface area (Å²) in [5.74, 6) is 0.715. The zero-order valence-corrected chi connectivity index (χ0v) is 12.4. The number of nitrogens with zero attached hydrogens (tertiary/aromatic N) is 1. The summed E-state index contributed by atoms with van der Waals surface area (Å²) in [6.45, 7) is 7.68. The molecule has 0 spiro atoms. The summed E-state index contributed by atoms with van der Waals surface area (Å²) >= 11 is 0. The smallest absolute Gasteiger partial charge is 0.0396 e. The van der Waals surface area contributed by atoms with E-state index in [9.17, 15) is 0 Å². The molecule has 2 rings (SSSR count). The molecular weight excluding hydrogens is 232 g/mol. The van der Waals surface area contributed by atoms with E-state index in [-0.39, 0.29) is 0 Å². The van der Waals surface area contributed by atoms with Gasteiger partial charge in [0.15, 0.2) is 0 Å². The van der Waals surface area contributed by atoms with Crippen LogP contribution in [0.5, 0.6) is 0 Å². The van der Waals surface area contributed by atoms with Crippen LogP contribution >= 0.6 is 0 Å². The van der Waals surface area contributed by atoms with Crippen molar-refractivity contribution in [2.75, 3.05) is 31.6 Å². The van der Waals surface area contributed by atoms with Crippen molar-refractivity contribution in [1.29, 1.82) is 0 Å². The molecule has 104 valence electrons. The molecule has 0 atom stereocenters. The Hall–Kier alpha value is -1.28. The lowest BCUT2D eigenvalue weighted by Gasteiger charge is -2.27. The zero-order valence-electron chi connectivity index (χ0n) is 12.4. The highest BCUT2D eigenvalue weighted by Gasteiger charge is 2.12. The first kappa shape index (κ1) is 14.1. The lowest BCUT2D eigenvalue weighted by Crippen LogP contribution is -2.24. The second-order valence-electron chi connectivity index (χ2n) is 5.87. The summed E-state index contributed by atoms with van der Waals surface area (Å²) in [6, 6.07) is 6.82. The average Bonchev–Trinajstić information content (AvgIpc) is 2.38. The molecule has 0 amide bonds. The van der Waals surface area contributed by atoms with Crippen LogP contribution in [0, 0.1) is 5.92 Å². The Morgan fingerprint density at radius 1 is 1.37 bits per heavy atom. The Balaban J connectivity index is 1.93. The number of rotatable bonds is 5. The number of aryl methyl sites for hydroxylation is 1. The number of fused-ring (bicyclic) bond motifs is 1. The third-order valence-electron chi connectivity index (χ3n) is 3.58. The fourth-order valence-electron chi connectivity index (χ4n) is 2.56. The summed E-state index contributed by atoms with van der Waals surface area (Å²) in [5, 5.41) is 3.43. The maximum atomic E-state index is 3.43. The molecule has 1 aromatic carbocycles. The molecule has 1 aromatic rings. The number of benzene rings is 1. The summed E-state index contributed by atoms with van der Waals surface area (Å²) in [7, 11) is 2.18. The molecule has 0 aliphatic carbocycles. The Bertz CT molecular complexity index is 435. The summed E-state index contributed by atoms with van der Waals surface area (Å²) in [4.78, 5) is 2.36. The molecule has 1 aliphatic heterocycles. The van der Waals surface area contributed by atoms with Crippen molar-refractivity contribution in [3.63, 3.8) is 0 Å². The summed E-state index contributed by atoms with van der Waals surface area (Å²) in [5.41, 5.74) is 4.22. The fraction of sp³-hybridized carbons (Fsp3) is 0.529. The third-order valence-corrected chi connectivity index (χ3v) is 3.58. The van der Waals surface area contributed by atoms with Gasteiger partial charge in [0.05, 0.1) is 0 Å². The van der Waals surface area contributed by atoms with E-state index in [1.165, 1.54) is 36.2 Å². The van der Waals surface area contributed by atoms with E-state index in [0.29, 0.717) is 5.92 Å². The molecule has 1 heterocycles. The second kappa shape index (κ2) is 6.76. The molecule has 0 saturated carbocycles. The number of anilines is 1. The molecule has 0 unspecified atom stereocenters. The summed E-state index contributed by atoms with van der Waals surface area (Å²) in [6.07, 6.45) is 6.93. The molecule has 1 N–H and O–H groups in total. The molecule has 2 heteroatoms. The van der Waals surface area contributed by atoms with Gasteiger partial charge in [0.25, 0.3) is 0 Å². The normalized spacial score (nSPS) is 15.3. The van der Waals surface area contributed by atoms with Crippen LogP contribution in [-0.4, -0.2) is 26.7 Å². The minimum absolute atomic E-state index is 0.715. The predicted octanol–water partition coefficient (Wildman–Crippen LogP) is 3.33. The molecule has 19 heavy (non-hydrogen) atoms. The van der Waals surface area contributed by atoms with Gasteiger partial charge >= 0.3 is 0 Å². The van der Waals surface area contributed by atoms with Gasteiger partial charge in [0, 0.05) is 25.8 Å². The van der Waals surface area contributed by atoms with E-state index in [1.807, 2.05) is 0 Å². The minimum atomic E-state index is 0.715. The maximum Gasteiger partial charge on any atom is 0.0396 e. The predicted molar refractivity (Wildman–Crippen MR) is 84.8 cm³/mol. The van der Waals surface area contributed by atoms with Gasteiger partial charge in [0.2, 0.25) is 0 Å². The van der Waals surface area contributed by atoms with E-state index in [4.69, 9.17) is 0 Å². The van der Waals surface area contributed by atoms with E-state index in [1.54, 1.807) is 0 Å². The van der Waals surface area contributed by atoms with Crippen molar-refractivity contribution in [3.05, 3.63) is 35.4 Å². The van der Waals surface area contributed by atoms with Crippen LogP contribution in [0.4, 0.5) is 5.69 Å². The maximum absolute atomic E-state index is 3.43. The van der Waals surface area contributed by atoms with Gasteiger partial charge in [-0.1, -0.05) is 32.1 Å². The molecule has 0 fully saturated rings. The Morgan fingerprint density at radius 3 is 3.00 bits per heavy atom. The highest BCUT2D eigenvalue weighted by molar-refractivity contribution is 5.61. The topological polar surface area (TPSA) is 15.3 Å². The van der Waals surface area contributed by atoms with E-state index < -0.39 is 0 Å². The molecule has 0 aromatic heterocycles. The second-order valence-corrected chi connectivity index (χ2v) is 5.87. The number of hydrogen-bond donors (Lipinski definition) is 1. The molecule has 0 radical (unpaired) electrons. The first-order valence-electron chi connectivity index (χ1n) is 7.38. The molecule has 0 bridgehead atoms. The zero-order chi connectivity index (χ0) is 13.7. The lowest BCUT2D eigenvalue weighted by atomic mass is 9.99. The van der Waals surface area contributed by atoms with E-state index >= 15 is 0 Å². The summed E-state index contributed by atoms with van der Waals surface area (Å²) < 4.78 is 0.